The number of hydrogen-bond donors (Lipinski definition) is 0. The van der Waals surface area contributed by atoms with Gasteiger partial charge in [0.25, 0.3) is 0 Å². The standard InChI is InChI=1S/C16H16O2/c1-3-7-13(8-4-1)16(18-12-15-11-17-15)14-9-5-2-6-10-14/h1-10,15-16H,11-12H2/t15-/m0/s1. The summed E-state index contributed by atoms with van der Waals surface area (Å²) in [7, 11) is 0. The molecule has 1 aliphatic heterocycles. The lowest BCUT2D eigenvalue weighted by molar-refractivity contribution is 0.0672. The fraction of sp³-hybridized carbons (Fsp3) is 0.250. The highest BCUT2D eigenvalue weighted by Gasteiger charge is 2.25. The number of rotatable bonds is 5. The van der Waals surface area contributed by atoms with Crippen molar-refractivity contribution in [1.82, 2.24) is 0 Å². The van der Waals surface area contributed by atoms with Crippen molar-refractivity contribution in [1.29, 1.82) is 0 Å². The van der Waals surface area contributed by atoms with Crippen molar-refractivity contribution in [3.05, 3.63) is 71.8 Å². The van der Waals surface area contributed by atoms with Gasteiger partial charge in [-0.15, -0.1) is 0 Å². The van der Waals surface area contributed by atoms with E-state index in [2.05, 4.69) is 24.3 Å². The van der Waals surface area contributed by atoms with Gasteiger partial charge in [0.15, 0.2) is 0 Å². The van der Waals surface area contributed by atoms with Gasteiger partial charge in [0.05, 0.1) is 13.2 Å². The molecule has 0 bridgehead atoms. The maximum atomic E-state index is 6.01. The lowest BCUT2D eigenvalue weighted by atomic mass is 10.0. The van der Waals surface area contributed by atoms with Crippen molar-refractivity contribution in [3.63, 3.8) is 0 Å². The molecule has 0 aromatic heterocycles. The number of ether oxygens (including phenoxy) is 2. The minimum atomic E-state index is -0.00315. The minimum Gasteiger partial charge on any atom is -0.371 e. The predicted molar refractivity (Wildman–Crippen MR) is 70.4 cm³/mol. The van der Waals surface area contributed by atoms with E-state index in [0.29, 0.717) is 12.7 Å². The molecule has 2 nitrogen and oxygen atoms in total. The number of epoxide rings is 1. The van der Waals surface area contributed by atoms with E-state index in [1.807, 2.05) is 36.4 Å². The third-order valence-electron chi connectivity index (χ3n) is 3.06. The van der Waals surface area contributed by atoms with Crippen LogP contribution in [-0.4, -0.2) is 19.3 Å². The molecule has 2 aromatic rings. The van der Waals surface area contributed by atoms with Gasteiger partial charge < -0.3 is 9.47 Å². The molecule has 18 heavy (non-hydrogen) atoms. The van der Waals surface area contributed by atoms with Crippen molar-refractivity contribution >= 4 is 0 Å². The molecule has 1 saturated heterocycles. The Morgan fingerprint density at radius 1 is 0.944 bits per heavy atom. The Morgan fingerprint density at radius 3 is 1.89 bits per heavy atom. The molecule has 1 fully saturated rings. The van der Waals surface area contributed by atoms with Crippen molar-refractivity contribution < 1.29 is 9.47 Å². The molecule has 0 saturated carbocycles. The van der Waals surface area contributed by atoms with Crippen LogP contribution in [0.4, 0.5) is 0 Å². The molecule has 0 spiro atoms. The molecule has 92 valence electrons. The molecule has 0 aliphatic carbocycles. The highest BCUT2D eigenvalue weighted by atomic mass is 16.6. The molecular weight excluding hydrogens is 224 g/mol. The van der Waals surface area contributed by atoms with Gasteiger partial charge >= 0.3 is 0 Å². The lowest BCUT2D eigenvalue weighted by Gasteiger charge is -2.18. The first-order valence-corrected chi connectivity index (χ1v) is 6.26. The maximum Gasteiger partial charge on any atom is 0.108 e. The zero-order valence-electron chi connectivity index (χ0n) is 10.2. The van der Waals surface area contributed by atoms with E-state index in [0.717, 1.165) is 6.61 Å². The fourth-order valence-corrected chi connectivity index (χ4v) is 2.01. The second-order valence-corrected chi connectivity index (χ2v) is 4.49. The first-order chi connectivity index (χ1) is 8.93. The first-order valence-electron chi connectivity index (χ1n) is 6.26. The van der Waals surface area contributed by atoms with Crippen LogP contribution in [0.3, 0.4) is 0 Å². The average Bonchev–Trinajstić information content (AvgIpc) is 3.26. The zero-order valence-corrected chi connectivity index (χ0v) is 10.2. The maximum absolute atomic E-state index is 6.01. The van der Waals surface area contributed by atoms with Crippen LogP contribution in [0.15, 0.2) is 60.7 Å². The Balaban J connectivity index is 1.83. The SMILES string of the molecule is c1ccc(C(OC[C@@H]2CO2)c2ccccc2)cc1. The van der Waals surface area contributed by atoms with Crippen LogP contribution in [0.25, 0.3) is 0 Å². The third kappa shape index (κ3) is 2.78. The highest BCUT2D eigenvalue weighted by Crippen LogP contribution is 2.27. The summed E-state index contributed by atoms with van der Waals surface area (Å²) < 4.78 is 11.2. The molecule has 1 heterocycles. The monoisotopic (exact) mass is 240 g/mol. The van der Waals surface area contributed by atoms with Gasteiger partial charge in [-0.2, -0.15) is 0 Å². The molecule has 0 amide bonds. The summed E-state index contributed by atoms with van der Waals surface area (Å²) in [6.07, 6.45) is 0.288. The fourth-order valence-electron chi connectivity index (χ4n) is 2.01. The van der Waals surface area contributed by atoms with E-state index in [4.69, 9.17) is 9.47 Å². The van der Waals surface area contributed by atoms with Gasteiger partial charge in [0, 0.05) is 0 Å². The molecule has 1 aliphatic rings. The Labute approximate surface area is 107 Å². The van der Waals surface area contributed by atoms with E-state index in [1.165, 1.54) is 11.1 Å². The second-order valence-electron chi connectivity index (χ2n) is 4.49. The molecular formula is C16H16O2. The van der Waals surface area contributed by atoms with Crippen LogP contribution in [0, 0.1) is 0 Å². The molecule has 1 atom stereocenters. The van der Waals surface area contributed by atoms with Gasteiger partial charge in [-0.25, -0.2) is 0 Å². The van der Waals surface area contributed by atoms with Crippen LogP contribution in [0.1, 0.15) is 17.2 Å². The van der Waals surface area contributed by atoms with E-state index in [9.17, 15) is 0 Å². The summed E-state index contributed by atoms with van der Waals surface area (Å²) >= 11 is 0. The zero-order chi connectivity index (χ0) is 12.2. The number of hydrogen-bond acceptors (Lipinski definition) is 2. The molecule has 0 unspecified atom stereocenters. The Bertz CT molecular complexity index is 437. The van der Waals surface area contributed by atoms with E-state index in [-0.39, 0.29) is 6.10 Å². The van der Waals surface area contributed by atoms with Gasteiger partial charge in [-0.05, 0) is 11.1 Å². The summed E-state index contributed by atoms with van der Waals surface area (Å²) in [6, 6.07) is 20.6. The van der Waals surface area contributed by atoms with E-state index < -0.39 is 0 Å². The van der Waals surface area contributed by atoms with Gasteiger partial charge in [-0.3, -0.25) is 0 Å². The lowest BCUT2D eigenvalue weighted by Crippen LogP contribution is -2.10. The van der Waals surface area contributed by atoms with Crippen molar-refractivity contribution in [2.45, 2.75) is 12.2 Å². The van der Waals surface area contributed by atoms with Crippen LogP contribution < -0.4 is 0 Å². The second kappa shape index (κ2) is 5.34. The van der Waals surface area contributed by atoms with Gasteiger partial charge in [-0.1, -0.05) is 60.7 Å². The highest BCUT2D eigenvalue weighted by molar-refractivity contribution is 5.29. The van der Waals surface area contributed by atoms with Crippen molar-refractivity contribution in [2.75, 3.05) is 13.2 Å². The van der Waals surface area contributed by atoms with Crippen LogP contribution in [0.5, 0.6) is 0 Å². The van der Waals surface area contributed by atoms with E-state index >= 15 is 0 Å². The first kappa shape index (κ1) is 11.5. The van der Waals surface area contributed by atoms with Gasteiger partial charge in [0.1, 0.15) is 12.2 Å². The summed E-state index contributed by atoms with van der Waals surface area (Å²) in [5.41, 5.74) is 2.37. The van der Waals surface area contributed by atoms with Crippen molar-refractivity contribution in [3.8, 4) is 0 Å². The average molecular weight is 240 g/mol. The van der Waals surface area contributed by atoms with Crippen LogP contribution in [-0.2, 0) is 9.47 Å². The molecule has 2 aromatic carbocycles. The quantitative estimate of drug-likeness (QED) is 0.749. The Hall–Kier alpha value is -1.64. The third-order valence-corrected chi connectivity index (χ3v) is 3.06. The van der Waals surface area contributed by atoms with Crippen molar-refractivity contribution in [2.24, 2.45) is 0 Å². The minimum absolute atomic E-state index is 0.00315. The smallest absolute Gasteiger partial charge is 0.108 e. The summed E-state index contributed by atoms with van der Waals surface area (Å²) in [6.45, 7) is 1.49. The largest absolute Gasteiger partial charge is 0.371 e. The van der Waals surface area contributed by atoms with E-state index in [1.54, 1.807) is 0 Å². The topological polar surface area (TPSA) is 21.8 Å². The Kier molecular flexibility index (Phi) is 3.40. The number of benzene rings is 2. The molecule has 0 radical (unpaired) electrons. The summed E-state index contributed by atoms with van der Waals surface area (Å²) in [5.74, 6) is 0. The summed E-state index contributed by atoms with van der Waals surface area (Å²) in [4.78, 5) is 0. The van der Waals surface area contributed by atoms with Crippen LogP contribution >= 0.6 is 0 Å². The summed E-state index contributed by atoms with van der Waals surface area (Å²) in [5, 5.41) is 0. The molecule has 2 heteroatoms. The molecule has 3 rings (SSSR count). The normalized spacial score (nSPS) is 17.9. The molecule has 0 N–H and O–H groups in total. The van der Waals surface area contributed by atoms with Gasteiger partial charge in [0.2, 0.25) is 0 Å². The Morgan fingerprint density at radius 2 is 1.44 bits per heavy atom. The van der Waals surface area contributed by atoms with Crippen LogP contribution in [0.2, 0.25) is 0 Å². The predicted octanol–water partition coefficient (Wildman–Crippen LogP) is 3.19.